The molecule has 2 aromatic heterocycles. The Morgan fingerprint density at radius 3 is 2.54 bits per heavy atom. The van der Waals surface area contributed by atoms with E-state index in [9.17, 15) is 9.59 Å². The smallest absolute Gasteiger partial charge is 0.292 e. The van der Waals surface area contributed by atoms with Gasteiger partial charge < -0.3 is 14.7 Å². The minimum Gasteiger partial charge on any atom is -0.351 e. The zero-order chi connectivity index (χ0) is 16.9. The number of amides is 2. The molecule has 8 nitrogen and oxygen atoms in total. The van der Waals surface area contributed by atoms with Gasteiger partial charge in [0.1, 0.15) is 0 Å². The van der Waals surface area contributed by atoms with Gasteiger partial charge >= 0.3 is 0 Å². The fourth-order valence-corrected chi connectivity index (χ4v) is 2.57. The lowest BCUT2D eigenvalue weighted by atomic mass is 10.2. The van der Waals surface area contributed by atoms with Crippen LogP contribution in [0.15, 0.2) is 35.1 Å². The van der Waals surface area contributed by atoms with E-state index in [4.69, 9.17) is 4.52 Å². The summed E-state index contributed by atoms with van der Waals surface area (Å²) in [5.74, 6) is 0.0275. The number of nitrogens with one attached hydrogen (secondary N) is 1. The van der Waals surface area contributed by atoms with Gasteiger partial charge in [-0.1, -0.05) is 5.16 Å². The topological polar surface area (TPSA) is 91.6 Å². The highest BCUT2D eigenvalue weighted by Crippen LogP contribution is 2.10. The number of pyridine rings is 1. The molecular formula is C16H19N5O3. The van der Waals surface area contributed by atoms with Gasteiger partial charge in [0, 0.05) is 50.3 Å². The minimum absolute atomic E-state index is 0.0770. The molecule has 1 aliphatic heterocycles. The first-order valence-electron chi connectivity index (χ1n) is 7.76. The SMILES string of the molecule is Cc1cc(C(=O)N2CCN(CC(=O)Nc3ccncc3)CC2)on1. The van der Waals surface area contributed by atoms with Gasteiger partial charge in [0.2, 0.25) is 11.7 Å². The van der Waals surface area contributed by atoms with Crippen molar-refractivity contribution in [2.45, 2.75) is 6.92 Å². The lowest BCUT2D eigenvalue weighted by molar-refractivity contribution is -0.117. The van der Waals surface area contributed by atoms with Gasteiger partial charge in [0.05, 0.1) is 12.2 Å². The van der Waals surface area contributed by atoms with Gasteiger partial charge in [-0.15, -0.1) is 0 Å². The van der Waals surface area contributed by atoms with Crippen LogP contribution in [-0.2, 0) is 4.79 Å². The molecule has 0 unspecified atom stereocenters. The molecule has 0 aromatic carbocycles. The van der Waals surface area contributed by atoms with Crippen molar-refractivity contribution in [2.24, 2.45) is 0 Å². The molecule has 8 heteroatoms. The molecule has 1 fully saturated rings. The van der Waals surface area contributed by atoms with Crippen molar-refractivity contribution in [2.75, 3.05) is 38.0 Å². The number of carbonyl (C=O) groups is 2. The van der Waals surface area contributed by atoms with E-state index in [1.54, 1.807) is 42.4 Å². The number of hydrogen-bond donors (Lipinski definition) is 1. The zero-order valence-corrected chi connectivity index (χ0v) is 13.4. The number of piperazine rings is 1. The van der Waals surface area contributed by atoms with Crippen molar-refractivity contribution in [3.63, 3.8) is 0 Å². The Kier molecular flexibility index (Phi) is 4.85. The van der Waals surface area contributed by atoms with E-state index in [1.807, 2.05) is 4.90 Å². The molecule has 0 atom stereocenters. The van der Waals surface area contributed by atoms with E-state index in [-0.39, 0.29) is 17.6 Å². The normalized spacial score (nSPS) is 15.3. The molecule has 0 spiro atoms. The number of anilines is 1. The molecule has 1 aliphatic rings. The first-order chi connectivity index (χ1) is 11.6. The maximum absolute atomic E-state index is 12.3. The standard InChI is InChI=1S/C16H19N5O3/c1-12-10-14(24-19-12)16(23)21-8-6-20(7-9-21)11-15(22)18-13-2-4-17-5-3-13/h2-5,10H,6-9,11H2,1H3,(H,17,18,22). The van der Waals surface area contributed by atoms with Crippen LogP contribution in [0.5, 0.6) is 0 Å². The predicted molar refractivity (Wildman–Crippen MR) is 86.5 cm³/mol. The number of rotatable bonds is 4. The molecule has 0 saturated carbocycles. The van der Waals surface area contributed by atoms with Gasteiger partial charge in [-0.25, -0.2) is 0 Å². The van der Waals surface area contributed by atoms with E-state index < -0.39 is 0 Å². The van der Waals surface area contributed by atoms with Gasteiger partial charge in [-0.2, -0.15) is 0 Å². The van der Waals surface area contributed by atoms with Gasteiger partial charge in [-0.05, 0) is 19.1 Å². The summed E-state index contributed by atoms with van der Waals surface area (Å²) in [6, 6.07) is 5.12. The average molecular weight is 329 g/mol. The summed E-state index contributed by atoms with van der Waals surface area (Å²) in [5.41, 5.74) is 1.41. The number of hydrogen-bond acceptors (Lipinski definition) is 6. The molecule has 3 rings (SSSR count). The lowest BCUT2D eigenvalue weighted by Crippen LogP contribution is -2.50. The summed E-state index contributed by atoms with van der Waals surface area (Å²) >= 11 is 0. The minimum atomic E-state index is -0.156. The summed E-state index contributed by atoms with van der Waals surface area (Å²) in [5, 5.41) is 6.56. The monoisotopic (exact) mass is 329 g/mol. The Morgan fingerprint density at radius 1 is 1.21 bits per heavy atom. The van der Waals surface area contributed by atoms with Crippen molar-refractivity contribution in [1.29, 1.82) is 0 Å². The van der Waals surface area contributed by atoms with Gasteiger partial charge in [-0.3, -0.25) is 19.5 Å². The third-order valence-electron chi connectivity index (χ3n) is 3.83. The molecule has 0 bridgehead atoms. The van der Waals surface area contributed by atoms with Crippen molar-refractivity contribution < 1.29 is 14.1 Å². The number of nitrogens with zero attached hydrogens (tertiary/aromatic N) is 4. The molecule has 0 radical (unpaired) electrons. The summed E-state index contributed by atoms with van der Waals surface area (Å²) in [6.45, 7) is 4.47. The van der Waals surface area contributed by atoms with Crippen LogP contribution in [0.25, 0.3) is 0 Å². The largest absolute Gasteiger partial charge is 0.351 e. The highest BCUT2D eigenvalue weighted by atomic mass is 16.5. The second kappa shape index (κ2) is 7.22. The third-order valence-corrected chi connectivity index (χ3v) is 3.83. The fraction of sp³-hybridized carbons (Fsp3) is 0.375. The van der Waals surface area contributed by atoms with E-state index in [2.05, 4.69) is 15.5 Å². The van der Waals surface area contributed by atoms with Crippen molar-refractivity contribution in [3.05, 3.63) is 42.0 Å². The molecule has 2 amide bonds. The summed E-state index contributed by atoms with van der Waals surface area (Å²) in [4.78, 5) is 32.0. The van der Waals surface area contributed by atoms with Crippen molar-refractivity contribution >= 4 is 17.5 Å². The van der Waals surface area contributed by atoms with E-state index >= 15 is 0 Å². The highest BCUT2D eigenvalue weighted by Gasteiger charge is 2.25. The van der Waals surface area contributed by atoms with Gasteiger partial charge in [0.15, 0.2) is 0 Å². The van der Waals surface area contributed by atoms with Crippen LogP contribution in [0.3, 0.4) is 0 Å². The van der Waals surface area contributed by atoms with E-state index in [1.165, 1.54) is 0 Å². The fourth-order valence-electron chi connectivity index (χ4n) is 2.57. The Hall–Kier alpha value is -2.74. The molecule has 1 saturated heterocycles. The third kappa shape index (κ3) is 3.96. The quantitative estimate of drug-likeness (QED) is 0.891. The highest BCUT2D eigenvalue weighted by molar-refractivity contribution is 5.92. The maximum atomic E-state index is 12.3. The summed E-state index contributed by atoms with van der Waals surface area (Å²) in [7, 11) is 0. The molecule has 2 aromatic rings. The van der Waals surface area contributed by atoms with Gasteiger partial charge in [0.25, 0.3) is 5.91 Å². The maximum Gasteiger partial charge on any atom is 0.292 e. The first-order valence-corrected chi connectivity index (χ1v) is 7.76. The second-order valence-corrected chi connectivity index (χ2v) is 5.68. The molecule has 3 heterocycles. The van der Waals surface area contributed by atoms with Crippen LogP contribution in [0, 0.1) is 6.92 Å². The van der Waals surface area contributed by atoms with Crippen molar-refractivity contribution in [3.8, 4) is 0 Å². The Morgan fingerprint density at radius 2 is 1.92 bits per heavy atom. The number of carbonyl (C=O) groups excluding carboxylic acids is 2. The Balaban J connectivity index is 1.46. The second-order valence-electron chi connectivity index (χ2n) is 5.68. The van der Waals surface area contributed by atoms with Crippen LogP contribution in [-0.4, -0.2) is 64.5 Å². The molecular weight excluding hydrogens is 310 g/mol. The van der Waals surface area contributed by atoms with Crippen LogP contribution in [0.4, 0.5) is 5.69 Å². The van der Waals surface area contributed by atoms with Crippen LogP contribution >= 0.6 is 0 Å². The average Bonchev–Trinajstić information content (AvgIpc) is 3.02. The molecule has 0 aliphatic carbocycles. The van der Waals surface area contributed by atoms with E-state index in [0.29, 0.717) is 38.4 Å². The first kappa shape index (κ1) is 16.1. The Bertz CT molecular complexity index is 708. The summed E-state index contributed by atoms with van der Waals surface area (Å²) < 4.78 is 5.01. The summed E-state index contributed by atoms with van der Waals surface area (Å²) in [6.07, 6.45) is 3.26. The molecule has 126 valence electrons. The number of aromatic nitrogens is 2. The van der Waals surface area contributed by atoms with Crippen LogP contribution in [0.1, 0.15) is 16.2 Å². The molecule has 1 N–H and O–H groups in total. The lowest BCUT2D eigenvalue weighted by Gasteiger charge is -2.33. The predicted octanol–water partition coefficient (Wildman–Crippen LogP) is 0.775. The van der Waals surface area contributed by atoms with Crippen LogP contribution < -0.4 is 5.32 Å². The number of aryl methyl sites for hydroxylation is 1. The van der Waals surface area contributed by atoms with E-state index in [0.717, 1.165) is 5.69 Å². The molecule has 24 heavy (non-hydrogen) atoms. The zero-order valence-electron chi connectivity index (χ0n) is 13.4. The van der Waals surface area contributed by atoms with Crippen molar-refractivity contribution in [1.82, 2.24) is 19.9 Å². The van der Waals surface area contributed by atoms with Crippen LogP contribution in [0.2, 0.25) is 0 Å². The Labute approximate surface area is 139 Å².